The number of hydrogen-bond acceptors (Lipinski definition) is 4. The lowest BCUT2D eigenvalue weighted by molar-refractivity contribution is 0.338. The zero-order valence-electron chi connectivity index (χ0n) is 12.7. The minimum atomic E-state index is -0.429. The maximum absolute atomic E-state index is 14.2. The smallest absolute Gasteiger partial charge is 0.250 e. The molecule has 3 N–H and O–H groups in total. The number of aromatic nitrogens is 2. The van der Waals surface area contributed by atoms with Crippen molar-refractivity contribution in [3.63, 3.8) is 0 Å². The van der Waals surface area contributed by atoms with E-state index in [0.717, 1.165) is 25.7 Å². The Morgan fingerprint density at radius 1 is 1.36 bits per heavy atom. The summed E-state index contributed by atoms with van der Waals surface area (Å²) in [5, 5.41) is 3.19. The van der Waals surface area contributed by atoms with E-state index in [1.807, 2.05) is 0 Å². The number of nitrogens with one attached hydrogen (secondary N) is 1. The maximum atomic E-state index is 14.2. The average Bonchev–Trinajstić information content (AvgIpc) is 2.52. The van der Waals surface area contributed by atoms with Crippen LogP contribution in [0.2, 0.25) is 0 Å². The minimum Gasteiger partial charge on any atom is -0.381 e. The van der Waals surface area contributed by atoms with E-state index in [0.29, 0.717) is 35.2 Å². The van der Waals surface area contributed by atoms with Gasteiger partial charge in [0, 0.05) is 25.7 Å². The second-order valence-corrected chi connectivity index (χ2v) is 6.11. The second-order valence-electron chi connectivity index (χ2n) is 6.11. The highest BCUT2D eigenvalue weighted by Gasteiger charge is 2.19. The Morgan fingerprint density at radius 2 is 2.09 bits per heavy atom. The molecular formula is C16H21FN4O. The monoisotopic (exact) mass is 304 g/mol. The summed E-state index contributed by atoms with van der Waals surface area (Å²) in [6, 6.07) is 3.37. The van der Waals surface area contributed by atoms with E-state index in [4.69, 9.17) is 5.73 Å². The predicted octanol–water partition coefficient (Wildman–Crippen LogP) is 2.00. The Balaban J connectivity index is 1.88. The van der Waals surface area contributed by atoms with Crippen LogP contribution in [0.15, 0.2) is 23.1 Å². The van der Waals surface area contributed by atoms with Crippen molar-refractivity contribution in [3.8, 4) is 0 Å². The van der Waals surface area contributed by atoms with Crippen LogP contribution in [0.3, 0.4) is 0 Å². The van der Waals surface area contributed by atoms with Crippen LogP contribution in [-0.4, -0.2) is 22.1 Å². The molecule has 0 saturated heterocycles. The van der Waals surface area contributed by atoms with Gasteiger partial charge in [-0.1, -0.05) is 0 Å². The van der Waals surface area contributed by atoms with Gasteiger partial charge in [0.25, 0.3) is 5.56 Å². The van der Waals surface area contributed by atoms with E-state index in [-0.39, 0.29) is 5.56 Å². The molecule has 1 aliphatic rings. The number of nitrogens with zero attached hydrogens (tertiary/aromatic N) is 2. The fourth-order valence-electron chi connectivity index (χ4n) is 3.13. The van der Waals surface area contributed by atoms with Gasteiger partial charge in [-0.25, -0.2) is 4.39 Å². The van der Waals surface area contributed by atoms with E-state index >= 15 is 0 Å². The van der Waals surface area contributed by atoms with Gasteiger partial charge in [-0.15, -0.1) is 0 Å². The van der Waals surface area contributed by atoms with Crippen molar-refractivity contribution in [1.82, 2.24) is 9.55 Å². The molecule has 1 fully saturated rings. The molecule has 0 aromatic carbocycles. The number of rotatable bonds is 3. The van der Waals surface area contributed by atoms with Gasteiger partial charge >= 0.3 is 0 Å². The van der Waals surface area contributed by atoms with E-state index in [2.05, 4.69) is 10.3 Å². The lowest BCUT2D eigenvalue weighted by Crippen LogP contribution is -2.29. The standard InChI is InChI=1S/C16H21FN4O/c1-21-14(22)7-6-13-16(21)15(12(17)9-19-13)20-8-10-2-4-11(18)5-3-10/h6-7,9-11H,2-5,8,18H2,1H3,(H,19,20). The van der Waals surface area contributed by atoms with Gasteiger partial charge in [-0.2, -0.15) is 0 Å². The van der Waals surface area contributed by atoms with E-state index < -0.39 is 5.82 Å². The molecule has 118 valence electrons. The van der Waals surface area contributed by atoms with Gasteiger partial charge in [0.1, 0.15) is 0 Å². The summed E-state index contributed by atoms with van der Waals surface area (Å²) in [5.41, 5.74) is 7.22. The Kier molecular flexibility index (Phi) is 4.11. The van der Waals surface area contributed by atoms with Gasteiger partial charge in [0.2, 0.25) is 0 Å². The Morgan fingerprint density at radius 3 is 2.82 bits per heavy atom. The largest absolute Gasteiger partial charge is 0.381 e. The summed E-state index contributed by atoms with van der Waals surface area (Å²) in [5.74, 6) is 0.0596. The molecule has 2 aromatic rings. The highest BCUT2D eigenvalue weighted by Crippen LogP contribution is 2.27. The molecule has 0 radical (unpaired) electrons. The Bertz CT molecular complexity index is 735. The molecule has 0 amide bonds. The van der Waals surface area contributed by atoms with Crippen molar-refractivity contribution in [3.05, 3.63) is 34.5 Å². The van der Waals surface area contributed by atoms with Crippen LogP contribution in [0.1, 0.15) is 25.7 Å². The third kappa shape index (κ3) is 2.83. The molecule has 1 saturated carbocycles. The number of fused-ring (bicyclic) bond motifs is 1. The Labute approximate surface area is 128 Å². The third-order valence-electron chi connectivity index (χ3n) is 4.54. The molecule has 0 aliphatic heterocycles. The van der Waals surface area contributed by atoms with Crippen LogP contribution in [0, 0.1) is 11.7 Å². The summed E-state index contributed by atoms with van der Waals surface area (Å²) in [6.07, 6.45) is 5.34. The topological polar surface area (TPSA) is 72.9 Å². The van der Waals surface area contributed by atoms with Crippen LogP contribution >= 0.6 is 0 Å². The number of anilines is 1. The van der Waals surface area contributed by atoms with Crippen molar-refractivity contribution < 1.29 is 4.39 Å². The van der Waals surface area contributed by atoms with E-state index in [1.165, 1.54) is 16.8 Å². The fraction of sp³-hybridized carbons (Fsp3) is 0.500. The van der Waals surface area contributed by atoms with Crippen molar-refractivity contribution in [2.75, 3.05) is 11.9 Å². The lowest BCUT2D eigenvalue weighted by atomic mass is 9.86. The number of aryl methyl sites for hydroxylation is 1. The second kappa shape index (κ2) is 6.04. The number of nitrogens with two attached hydrogens (primary N) is 1. The number of halogens is 1. The first-order chi connectivity index (χ1) is 10.6. The zero-order valence-corrected chi connectivity index (χ0v) is 12.7. The average molecular weight is 304 g/mol. The molecule has 1 aliphatic carbocycles. The van der Waals surface area contributed by atoms with Gasteiger partial charge in [0.15, 0.2) is 5.82 Å². The summed E-state index contributed by atoms with van der Waals surface area (Å²) >= 11 is 0. The first-order valence-electron chi connectivity index (χ1n) is 7.70. The molecule has 0 atom stereocenters. The van der Waals surface area contributed by atoms with Crippen molar-refractivity contribution in [2.45, 2.75) is 31.7 Å². The van der Waals surface area contributed by atoms with Crippen LogP contribution in [-0.2, 0) is 7.05 Å². The van der Waals surface area contributed by atoms with E-state index in [1.54, 1.807) is 13.1 Å². The summed E-state index contributed by atoms with van der Waals surface area (Å²) in [6.45, 7) is 0.686. The molecule has 6 heteroatoms. The van der Waals surface area contributed by atoms with Crippen molar-refractivity contribution in [2.24, 2.45) is 18.7 Å². The van der Waals surface area contributed by atoms with Crippen molar-refractivity contribution >= 4 is 16.7 Å². The fourth-order valence-corrected chi connectivity index (χ4v) is 3.13. The third-order valence-corrected chi connectivity index (χ3v) is 4.54. The van der Waals surface area contributed by atoms with Gasteiger partial charge in [-0.05, 0) is 37.7 Å². The zero-order chi connectivity index (χ0) is 15.7. The predicted molar refractivity (Wildman–Crippen MR) is 85.4 cm³/mol. The number of hydrogen-bond donors (Lipinski definition) is 2. The van der Waals surface area contributed by atoms with Crippen LogP contribution < -0.4 is 16.6 Å². The van der Waals surface area contributed by atoms with Crippen LogP contribution in [0.5, 0.6) is 0 Å². The molecule has 0 bridgehead atoms. The van der Waals surface area contributed by atoms with Gasteiger partial charge in [0.05, 0.1) is 22.9 Å². The van der Waals surface area contributed by atoms with Gasteiger partial charge in [-0.3, -0.25) is 9.78 Å². The van der Waals surface area contributed by atoms with Gasteiger partial charge < -0.3 is 15.6 Å². The highest BCUT2D eigenvalue weighted by molar-refractivity contribution is 5.87. The maximum Gasteiger partial charge on any atom is 0.250 e. The quantitative estimate of drug-likeness (QED) is 0.909. The molecule has 2 aromatic heterocycles. The molecule has 5 nitrogen and oxygen atoms in total. The summed E-state index contributed by atoms with van der Waals surface area (Å²) in [7, 11) is 1.64. The first kappa shape index (κ1) is 15.0. The van der Waals surface area contributed by atoms with Crippen LogP contribution in [0.4, 0.5) is 10.1 Å². The lowest BCUT2D eigenvalue weighted by Gasteiger charge is -2.26. The minimum absolute atomic E-state index is 0.174. The molecular weight excluding hydrogens is 283 g/mol. The molecule has 0 spiro atoms. The molecule has 3 rings (SSSR count). The van der Waals surface area contributed by atoms with Crippen molar-refractivity contribution in [1.29, 1.82) is 0 Å². The first-order valence-corrected chi connectivity index (χ1v) is 7.70. The molecule has 22 heavy (non-hydrogen) atoms. The molecule has 2 heterocycles. The Hall–Kier alpha value is -1.95. The summed E-state index contributed by atoms with van der Waals surface area (Å²) < 4.78 is 15.6. The van der Waals surface area contributed by atoms with E-state index in [9.17, 15) is 9.18 Å². The van der Waals surface area contributed by atoms with Crippen LogP contribution in [0.25, 0.3) is 11.0 Å². The normalized spacial score (nSPS) is 22.0. The number of pyridine rings is 2. The SMILES string of the molecule is Cn1c(=O)ccc2ncc(F)c(NCC3CCC(N)CC3)c21. The highest BCUT2D eigenvalue weighted by atomic mass is 19.1. The molecule has 0 unspecified atom stereocenters. The summed E-state index contributed by atoms with van der Waals surface area (Å²) in [4.78, 5) is 15.9.